The number of aryl methyl sites for hydroxylation is 2. The Kier molecular flexibility index (Phi) is 4.13. The molecule has 0 aliphatic rings. The fraction of sp³-hybridized carbons (Fsp3) is 0.250. The van der Waals surface area contributed by atoms with Crippen LogP contribution < -0.4 is 10.5 Å². The lowest BCUT2D eigenvalue weighted by atomic mass is 9.96. The number of ether oxygens (including phenoxy) is 1. The topological polar surface area (TPSA) is 35.2 Å². The molecule has 19 heavy (non-hydrogen) atoms. The summed E-state index contributed by atoms with van der Waals surface area (Å²) in [6, 6.07) is 11.6. The average Bonchev–Trinajstić information content (AvgIpc) is 2.41. The first-order valence-electron chi connectivity index (χ1n) is 6.19. The highest BCUT2D eigenvalue weighted by atomic mass is 35.5. The van der Waals surface area contributed by atoms with Gasteiger partial charge in [0.2, 0.25) is 0 Å². The van der Waals surface area contributed by atoms with Crippen LogP contribution in [0.1, 0.15) is 28.3 Å². The lowest BCUT2D eigenvalue weighted by molar-refractivity contribution is 0.408. The van der Waals surface area contributed by atoms with Gasteiger partial charge in [-0.3, -0.25) is 0 Å². The molecule has 2 aromatic rings. The number of hydrogen-bond donors (Lipinski definition) is 1. The predicted molar refractivity (Wildman–Crippen MR) is 80.0 cm³/mol. The second-order valence-electron chi connectivity index (χ2n) is 4.71. The fourth-order valence-corrected chi connectivity index (χ4v) is 2.24. The molecule has 2 aromatic carbocycles. The number of methoxy groups -OCH3 is 1. The second-order valence-corrected chi connectivity index (χ2v) is 5.14. The van der Waals surface area contributed by atoms with E-state index >= 15 is 0 Å². The Bertz CT molecular complexity index is 595. The van der Waals surface area contributed by atoms with Crippen molar-refractivity contribution >= 4 is 11.6 Å². The summed E-state index contributed by atoms with van der Waals surface area (Å²) < 4.78 is 5.36. The maximum Gasteiger partial charge on any atom is 0.125 e. The Morgan fingerprint density at radius 2 is 1.79 bits per heavy atom. The molecule has 0 saturated heterocycles. The summed E-state index contributed by atoms with van der Waals surface area (Å²) in [5.74, 6) is 0.721. The third-order valence-corrected chi connectivity index (χ3v) is 3.66. The van der Waals surface area contributed by atoms with Crippen molar-refractivity contribution in [1.29, 1.82) is 0 Å². The van der Waals surface area contributed by atoms with Crippen molar-refractivity contribution in [2.45, 2.75) is 19.9 Å². The van der Waals surface area contributed by atoms with E-state index in [4.69, 9.17) is 22.1 Å². The van der Waals surface area contributed by atoms with Crippen LogP contribution in [0.4, 0.5) is 0 Å². The van der Waals surface area contributed by atoms with Crippen LogP contribution >= 0.6 is 11.6 Å². The third-order valence-electron chi connectivity index (χ3n) is 3.42. The minimum absolute atomic E-state index is 0.216. The van der Waals surface area contributed by atoms with Crippen molar-refractivity contribution in [3.8, 4) is 5.75 Å². The minimum Gasteiger partial charge on any atom is -0.496 e. The van der Waals surface area contributed by atoms with E-state index in [1.165, 1.54) is 11.1 Å². The van der Waals surface area contributed by atoms with Gasteiger partial charge in [-0.15, -0.1) is 0 Å². The third kappa shape index (κ3) is 2.91. The highest BCUT2D eigenvalue weighted by Gasteiger charge is 2.14. The van der Waals surface area contributed by atoms with Gasteiger partial charge in [0, 0.05) is 10.6 Å². The quantitative estimate of drug-likeness (QED) is 0.918. The lowest BCUT2D eigenvalue weighted by Crippen LogP contribution is -2.13. The van der Waals surface area contributed by atoms with Crippen LogP contribution in [0.5, 0.6) is 5.75 Å². The van der Waals surface area contributed by atoms with Gasteiger partial charge in [0.1, 0.15) is 5.75 Å². The number of benzene rings is 2. The Morgan fingerprint density at radius 1 is 1.05 bits per heavy atom. The highest BCUT2D eigenvalue weighted by molar-refractivity contribution is 6.30. The zero-order valence-corrected chi connectivity index (χ0v) is 12.2. The van der Waals surface area contributed by atoms with Gasteiger partial charge in [0.05, 0.1) is 13.2 Å². The van der Waals surface area contributed by atoms with E-state index in [2.05, 4.69) is 32.0 Å². The molecule has 0 bridgehead atoms. The monoisotopic (exact) mass is 275 g/mol. The van der Waals surface area contributed by atoms with Crippen LogP contribution in [0.3, 0.4) is 0 Å². The highest BCUT2D eigenvalue weighted by Crippen LogP contribution is 2.31. The second kappa shape index (κ2) is 5.64. The maximum atomic E-state index is 6.34. The molecule has 3 heteroatoms. The molecule has 100 valence electrons. The molecule has 0 radical (unpaired) electrons. The summed E-state index contributed by atoms with van der Waals surface area (Å²) in [7, 11) is 1.63. The summed E-state index contributed by atoms with van der Waals surface area (Å²) in [4.78, 5) is 0. The number of halogens is 1. The fourth-order valence-electron chi connectivity index (χ4n) is 2.08. The minimum atomic E-state index is -0.216. The lowest BCUT2D eigenvalue weighted by Gasteiger charge is -2.17. The van der Waals surface area contributed by atoms with E-state index < -0.39 is 0 Å². The summed E-state index contributed by atoms with van der Waals surface area (Å²) >= 11 is 5.97. The zero-order chi connectivity index (χ0) is 14.0. The first-order valence-corrected chi connectivity index (χ1v) is 6.57. The average molecular weight is 276 g/mol. The Morgan fingerprint density at radius 3 is 2.42 bits per heavy atom. The first-order chi connectivity index (χ1) is 9.02. The van der Waals surface area contributed by atoms with Crippen molar-refractivity contribution in [3.63, 3.8) is 0 Å². The van der Waals surface area contributed by atoms with Crippen LogP contribution in [0.25, 0.3) is 0 Å². The van der Waals surface area contributed by atoms with Gasteiger partial charge in [-0.1, -0.05) is 35.9 Å². The van der Waals surface area contributed by atoms with Gasteiger partial charge in [-0.05, 0) is 42.7 Å². The first kappa shape index (κ1) is 13.9. The molecule has 0 saturated carbocycles. The van der Waals surface area contributed by atoms with E-state index in [1.807, 2.05) is 12.1 Å². The Labute approximate surface area is 119 Å². The molecule has 2 nitrogen and oxygen atoms in total. The van der Waals surface area contributed by atoms with Crippen molar-refractivity contribution in [2.75, 3.05) is 7.11 Å². The smallest absolute Gasteiger partial charge is 0.125 e. The van der Waals surface area contributed by atoms with Crippen molar-refractivity contribution in [1.82, 2.24) is 0 Å². The molecule has 0 amide bonds. The van der Waals surface area contributed by atoms with Crippen LogP contribution in [0.15, 0.2) is 36.4 Å². The molecule has 0 aliphatic carbocycles. The van der Waals surface area contributed by atoms with Gasteiger partial charge < -0.3 is 10.5 Å². The van der Waals surface area contributed by atoms with Gasteiger partial charge in [0.15, 0.2) is 0 Å². The summed E-state index contributed by atoms with van der Waals surface area (Å²) in [5, 5.41) is 0.646. The van der Waals surface area contributed by atoms with Gasteiger partial charge in [0.25, 0.3) is 0 Å². The van der Waals surface area contributed by atoms with Crippen molar-refractivity contribution in [3.05, 3.63) is 63.7 Å². The van der Waals surface area contributed by atoms with E-state index in [0.29, 0.717) is 5.02 Å². The van der Waals surface area contributed by atoms with Crippen molar-refractivity contribution in [2.24, 2.45) is 5.73 Å². The molecule has 1 unspecified atom stereocenters. The molecule has 0 fully saturated rings. The molecule has 2 N–H and O–H groups in total. The zero-order valence-electron chi connectivity index (χ0n) is 11.4. The molecular weight excluding hydrogens is 258 g/mol. The van der Waals surface area contributed by atoms with E-state index in [-0.39, 0.29) is 6.04 Å². The molecule has 0 spiro atoms. The molecule has 0 aliphatic heterocycles. The van der Waals surface area contributed by atoms with Gasteiger partial charge >= 0.3 is 0 Å². The van der Waals surface area contributed by atoms with Crippen LogP contribution in [-0.2, 0) is 0 Å². The normalized spacial score (nSPS) is 12.3. The number of nitrogens with two attached hydrogens (primary N) is 1. The predicted octanol–water partition coefficient (Wildman–Crippen LogP) is 4.01. The summed E-state index contributed by atoms with van der Waals surface area (Å²) in [6.45, 7) is 4.18. The summed E-state index contributed by atoms with van der Waals surface area (Å²) in [6.07, 6.45) is 0. The van der Waals surface area contributed by atoms with Gasteiger partial charge in [-0.2, -0.15) is 0 Å². The molecular formula is C16H18ClNO. The Hall–Kier alpha value is -1.51. The largest absolute Gasteiger partial charge is 0.496 e. The van der Waals surface area contributed by atoms with Crippen molar-refractivity contribution < 1.29 is 4.74 Å². The van der Waals surface area contributed by atoms with E-state index in [1.54, 1.807) is 13.2 Å². The number of hydrogen-bond acceptors (Lipinski definition) is 2. The number of rotatable bonds is 3. The standard InChI is InChI=1S/C16H18ClNO/c1-10-4-5-12(8-11(10)2)16(18)14-7-6-13(17)9-15(14)19-3/h4-9,16H,18H2,1-3H3. The van der Waals surface area contributed by atoms with Gasteiger partial charge in [-0.25, -0.2) is 0 Å². The molecule has 1 atom stereocenters. The Balaban J connectivity index is 2.43. The van der Waals surface area contributed by atoms with Crippen LogP contribution in [0.2, 0.25) is 5.02 Å². The molecule has 0 aromatic heterocycles. The SMILES string of the molecule is COc1cc(Cl)ccc1C(N)c1ccc(C)c(C)c1. The van der Waals surface area contributed by atoms with E-state index in [9.17, 15) is 0 Å². The van der Waals surface area contributed by atoms with Crippen LogP contribution in [-0.4, -0.2) is 7.11 Å². The maximum absolute atomic E-state index is 6.34. The summed E-state index contributed by atoms with van der Waals surface area (Å²) in [5.41, 5.74) is 10.9. The molecule has 0 heterocycles. The van der Waals surface area contributed by atoms with E-state index in [0.717, 1.165) is 16.9 Å². The molecule has 2 rings (SSSR count). The van der Waals surface area contributed by atoms with Crippen LogP contribution in [0, 0.1) is 13.8 Å².